The lowest BCUT2D eigenvalue weighted by Crippen LogP contribution is -2.42. The Morgan fingerprint density at radius 2 is 2.24 bits per heavy atom. The molecular weight excluding hydrogens is 238 g/mol. The Labute approximate surface area is 107 Å². The Hall–Kier alpha value is -0.770. The molecule has 0 radical (unpaired) electrons. The fraction of sp³-hybridized carbons (Fsp3) is 0.538. The molecule has 0 spiro atoms. The molecule has 0 aliphatic heterocycles. The Morgan fingerprint density at radius 3 is 2.71 bits per heavy atom. The lowest BCUT2D eigenvalue weighted by Gasteiger charge is -2.45. The predicted molar refractivity (Wildman–Crippen MR) is 68.3 cm³/mol. The highest BCUT2D eigenvalue weighted by molar-refractivity contribution is 6.31. The van der Waals surface area contributed by atoms with Crippen LogP contribution in [-0.2, 0) is 0 Å². The molecule has 3 nitrogen and oxygen atoms in total. The quantitative estimate of drug-likeness (QED) is 0.869. The molecule has 1 aliphatic rings. The van der Waals surface area contributed by atoms with Crippen molar-refractivity contribution in [2.45, 2.75) is 25.4 Å². The molecule has 0 amide bonds. The predicted octanol–water partition coefficient (Wildman–Crippen LogP) is 2.51. The first kappa shape index (κ1) is 12.7. The maximum absolute atomic E-state index is 10.5. The first-order valence-corrected chi connectivity index (χ1v) is 6.23. The van der Waals surface area contributed by atoms with Crippen LogP contribution in [0.3, 0.4) is 0 Å². The summed E-state index contributed by atoms with van der Waals surface area (Å²) >= 11 is 6.17. The molecule has 3 N–H and O–H groups in total. The Morgan fingerprint density at radius 1 is 1.53 bits per heavy atom. The fourth-order valence-electron chi connectivity index (χ4n) is 2.49. The van der Waals surface area contributed by atoms with Gasteiger partial charge in [-0.3, -0.25) is 0 Å². The van der Waals surface area contributed by atoms with Gasteiger partial charge in [-0.05, 0) is 25.0 Å². The van der Waals surface area contributed by atoms with Crippen LogP contribution in [0.15, 0.2) is 18.2 Å². The van der Waals surface area contributed by atoms with Crippen LogP contribution in [-0.4, -0.2) is 18.8 Å². The second-order valence-corrected chi connectivity index (χ2v) is 5.09. The van der Waals surface area contributed by atoms with Crippen LogP contribution in [0.5, 0.6) is 5.75 Å². The molecule has 1 aliphatic carbocycles. The maximum Gasteiger partial charge on any atom is 0.126 e. The van der Waals surface area contributed by atoms with Crippen LogP contribution in [0, 0.1) is 5.41 Å². The highest BCUT2D eigenvalue weighted by atomic mass is 35.5. The van der Waals surface area contributed by atoms with Crippen molar-refractivity contribution in [2.24, 2.45) is 11.1 Å². The Balaban J connectivity index is 2.39. The molecule has 0 saturated heterocycles. The smallest absolute Gasteiger partial charge is 0.126 e. The van der Waals surface area contributed by atoms with Crippen molar-refractivity contribution in [2.75, 3.05) is 13.7 Å². The number of nitrogens with two attached hydrogens (primary N) is 1. The fourth-order valence-corrected chi connectivity index (χ4v) is 2.76. The van der Waals surface area contributed by atoms with Crippen molar-refractivity contribution in [3.05, 3.63) is 28.8 Å². The number of hydrogen-bond acceptors (Lipinski definition) is 3. The van der Waals surface area contributed by atoms with Gasteiger partial charge in [0.25, 0.3) is 0 Å². The molecular formula is C13H18ClNO2. The second-order valence-electron chi connectivity index (χ2n) is 4.68. The van der Waals surface area contributed by atoms with Gasteiger partial charge < -0.3 is 15.6 Å². The molecule has 1 fully saturated rings. The van der Waals surface area contributed by atoms with Gasteiger partial charge in [0.05, 0.1) is 18.2 Å². The number of rotatable bonds is 4. The van der Waals surface area contributed by atoms with Crippen molar-refractivity contribution in [3.63, 3.8) is 0 Å². The summed E-state index contributed by atoms with van der Waals surface area (Å²) in [5.41, 5.74) is 6.25. The molecule has 94 valence electrons. The normalized spacial score (nSPS) is 19.5. The molecule has 4 heteroatoms. The highest BCUT2D eigenvalue weighted by Gasteiger charge is 2.44. The summed E-state index contributed by atoms with van der Waals surface area (Å²) in [6.45, 7) is 0.475. The number of halogens is 1. The molecule has 2 rings (SSSR count). The molecule has 0 heterocycles. The minimum Gasteiger partial charge on any atom is -0.496 e. The standard InChI is InChI=1S/C13H18ClNO2/c1-17-10-5-2-4-9(14)11(10)12(16)13(8-15)6-3-7-13/h2,4-5,12,16H,3,6-8,15H2,1H3. The highest BCUT2D eigenvalue weighted by Crippen LogP contribution is 2.52. The third-order valence-electron chi connectivity index (χ3n) is 3.84. The van der Waals surface area contributed by atoms with Crippen LogP contribution >= 0.6 is 11.6 Å². The number of ether oxygens (including phenoxy) is 1. The van der Waals surface area contributed by atoms with Gasteiger partial charge in [0, 0.05) is 17.5 Å². The first-order valence-electron chi connectivity index (χ1n) is 5.85. The zero-order valence-electron chi connectivity index (χ0n) is 9.95. The summed E-state index contributed by atoms with van der Waals surface area (Å²) < 4.78 is 5.27. The summed E-state index contributed by atoms with van der Waals surface area (Å²) in [6, 6.07) is 5.39. The average molecular weight is 256 g/mol. The Bertz CT molecular complexity index is 399. The third-order valence-corrected chi connectivity index (χ3v) is 4.17. The molecule has 0 aromatic heterocycles. The third kappa shape index (κ3) is 2.03. The SMILES string of the molecule is COc1cccc(Cl)c1C(O)C1(CN)CCC1. The molecule has 1 aromatic carbocycles. The van der Waals surface area contributed by atoms with Gasteiger partial charge in [0.15, 0.2) is 0 Å². The van der Waals surface area contributed by atoms with Crippen molar-refractivity contribution in [1.82, 2.24) is 0 Å². The van der Waals surface area contributed by atoms with Gasteiger partial charge in [-0.1, -0.05) is 24.1 Å². The van der Waals surface area contributed by atoms with Crippen LogP contribution in [0.25, 0.3) is 0 Å². The summed E-state index contributed by atoms with van der Waals surface area (Å²) in [5, 5.41) is 11.1. The van der Waals surface area contributed by atoms with Crippen LogP contribution in [0.1, 0.15) is 30.9 Å². The van der Waals surface area contributed by atoms with E-state index in [9.17, 15) is 5.11 Å². The summed E-state index contributed by atoms with van der Waals surface area (Å²) in [5.74, 6) is 0.629. The van der Waals surface area contributed by atoms with E-state index in [4.69, 9.17) is 22.1 Å². The number of benzene rings is 1. The van der Waals surface area contributed by atoms with Gasteiger partial charge >= 0.3 is 0 Å². The minimum absolute atomic E-state index is 0.224. The van der Waals surface area contributed by atoms with E-state index in [0.29, 0.717) is 22.9 Å². The average Bonchev–Trinajstić information content (AvgIpc) is 2.27. The largest absolute Gasteiger partial charge is 0.496 e. The topological polar surface area (TPSA) is 55.5 Å². The maximum atomic E-state index is 10.5. The van der Waals surface area contributed by atoms with Crippen molar-refractivity contribution >= 4 is 11.6 Å². The zero-order chi connectivity index (χ0) is 12.5. The minimum atomic E-state index is -0.648. The summed E-state index contributed by atoms with van der Waals surface area (Å²) in [6.07, 6.45) is 2.35. The van der Waals surface area contributed by atoms with Gasteiger partial charge in [-0.15, -0.1) is 0 Å². The van der Waals surface area contributed by atoms with Gasteiger partial charge in [0.1, 0.15) is 5.75 Å². The van der Waals surface area contributed by atoms with Crippen molar-refractivity contribution in [1.29, 1.82) is 0 Å². The van der Waals surface area contributed by atoms with Gasteiger partial charge in [-0.2, -0.15) is 0 Å². The van der Waals surface area contributed by atoms with Crippen LogP contribution in [0.2, 0.25) is 5.02 Å². The summed E-state index contributed by atoms with van der Waals surface area (Å²) in [7, 11) is 1.58. The van der Waals surface area contributed by atoms with E-state index in [1.165, 1.54) is 0 Å². The molecule has 0 bridgehead atoms. The van der Waals surface area contributed by atoms with E-state index in [0.717, 1.165) is 19.3 Å². The number of aliphatic hydroxyl groups is 1. The molecule has 1 aromatic rings. The summed E-state index contributed by atoms with van der Waals surface area (Å²) in [4.78, 5) is 0. The first-order chi connectivity index (χ1) is 8.14. The van der Waals surface area contributed by atoms with E-state index in [-0.39, 0.29) is 5.41 Å². The lowest BCUT2D eigenvalue weighted by atomic mass is 9.63. The van der Waals surface area contributed by atoms with E-state index in [1.807, 2.05) is 12.1 Å². The zero-order valence-corrected chi connectivity index (χ0v) is 10.7. The molecule has 1 unspecified atom stereocenters. The van der Waals surface area contributed by atoms with Gasteiger partial charge in [-0.25, -0.2) is 0 Å². The molecule has 1 atom stereocenters. The molecule has 1 saturated carbocycles. The number of aliphatic hydroxyl groups excluding tert-OH is 1. The van der Waals surface area contributed by atoms with Gasteiger partial charge in [0.2, 0.25) is 0 Å². The van der Waals surface area contributed by atoms with Crippen molar-refractivity contribution < 1.29 is 9.84 Å². The van der Waals surface area contributed by atoms with E-state index >= 15 is 0 Å². The van der Waals surface area contributed by atoms with Crippen LogP contribution in [0.4, 0.5) is 0 Å². The Kier molecular flexibility index (Phi) is 3.61. The monoisotopic (exact) mass is 255 g/mol. The number of hydrogen-bond donors (Lipinski definition) is 2. The van der Waals surface area contributed by atoms with Crippen molar-refractivity contribution in [3.8, 4) is 5.75 Å². The van der Waals surface area contributed by atoms with E-state index < -0.39 is 6.10 Å². The lowest BCUT2D eigenvalue weighted by molar-refractivity contribution is -0.0307. The van der Waals surface area contributed by atoms with E-state index in [1.54, 1.807) is 13.2 Å². The van der Waals surface area contributed by atoms with E-state index in [2.05, 4.69) is 0 Å². The second kappa shape index (κ2) is 4.84. The molecule has 17 heavy (non-hydrogen) atoms. The number of methoxy groups -OCH3 is 1. The van der Waals surface area contributed by atoms with Crippen LogP contribution < -0.4 is 10.5 Å².